The van der Waals surface area contributed by atoms with Crippen molar-refractivity contribution in [2.45, 2.75) is 20.0 Å². The molecule has 0 unspecified atom stereocenters. The highest BCUT2D eigenvalue weighted by molar-refractivity contribution is 5.92. The number of rotatable bonds is 5. The van der Waals surface area contributed by atoms with Crippen LogP contribution < -0.4 is 25.1 Å². The molecule has 0 radical (unpaired) electrons. The van der Waals surface area contributed by atoms with Crippen LogP contribution in [-0.4, -0.2) is 34.0 Å². The quantitative estimate of drug-likeness (QED) is 0.531. The van der Waals surface area contributed by atoms with Gasteiger partial charge in [-0.3, -0.25) is 14.0 Å². The minimum Gasteiger partial charge on any atom is -0.496 e. The average molecular weight is 420 g/mol. The van der Waals surface area contributed by atoms with E-state index in [4.69, 9.17) is 14.2 Å². The van der Waals surface area contributed by atoms with Crippen molar-refractivity contribution < 1.29 is 19.0 Å². The second-order valence-electron chi connectivity index (χ2n) is 7.23. The smallest absolute Gasteiger partial charge is 0.291 e. The lowest BCUT2D eigenvalue weighted by atomic mass is 10.2. The largest absolute Gasteiger partial charge is 0.496 e. The summed E-state index contributed by atoms with van der Waals surface area (Å²) in [6, 6.07) is 12.9. The van der Waals surface area contributed by atoms with E-state index in [2.05, 4.69) is 10.4 Å². The lowest BCUT2D eigenvalue weighted by Gasteiger charge is -2.10. The Morgan fingerprint density at radius 2 is 2.00 bits per heavy atom. The number of nitrogens with zero attached hydrogens (tertiary/aromatic N) is 3. The molecule has 3 heterocycles. The summed E-state index contributed by atoms with van der Waals surface area (Å²) in [7, 11) is 1.59. The molecule has 0 saturated heterocycles. The summed E-state index contributed by atoms with van der Waals surface area (Å²) in [5, 5.41) is 7.98. The van der Waals surface area contributed by atoms with Crippen LogP contribution in [0.25, 0.3) is 16.4 Å². The Balaban J connectivity index is 1.40. The monoisotopic (exact) mass is 420 g/mol. The Bertz CT molecular complexity index is 1390. The molecular weight excluding hydrogens is 400 g/mol. The Morgan fingerprint density at radius 3 is 2.84 bits per heavy atom. The van der Waals surface area contributed by atoms with Gasteiger partial charge in [-0.15, -0.1) is 0 Å². The number of benzene rings is 2. The van der Waals surface area contributed by atoms with Gasteiger partial charge in [0.2, 0.25) is 12.7 Å². The summed E-state index contributed by atoms with van der Waals surface area (Å²) >= 11 is 0. The number of aromatic nitrogens is 3. The van der Waals surface area contributed by atoms with Gasteiger partial charge in [0.05, 0.1) is 12.6 Å². The van der Waals surface area contributed by atoms with Crippen LogP contribution >= 0.6 is 0 Å². The maximum Gasteiger partial charge on any atom is 0.291 e. The van der Waals surface area contributed by atoms with Crippen molar-refractivity contribution >= 4 is 22.3 Å². The fourth-order valence-electron chi connectivity index (χ4n) is 3.84. The molecule has 158 valence electrons. The van der Waals surface area contributed by atoms with Crippen molar-refractivity contribution in [3.8, 4) is 17.2 Å². The second kappa shape index (κ2) is 7.35. The first-order valence-electron chi connectivity index (χ1n) is 9.76. The third-order valence-electron chi connectivity index (χ3n) is 5.29. The lowest BCUT2D eigenvalue weighted by Crippen LogP contribution is -2.34. The topological polar surface area (TPSA) is 96.1 Å². The molecule has 5 rings (SSSR count). The van der Waals surface area contributed by atoms with Crippen molar-refractivity contribution in [2.24, 2.45) is 0 Å². The van der Waals surface area contributed by atoms with Crippen molar-refractivity contribution in [3.05, 3.63) is 64.2 Å². The van der Waals surface area contributed by atoms with Crippen molar-refractivity contribution in [1.82, 2.24) is 19.5 Å². The van der Waals surface area contributed by atoms with E-state index in [0.29, 0.717) is 35.1 Å². The van der Waals surface area contributed by atoms with Crippen LogP contribution in [-0.2, 0) is 17.9 Å². The van der Waals surface area contributed by atoms with Crippen LogP contribution in [0, 0.1) is 6.92 Å². The molecule has 0 fully saturated rings. The van der Waals surface area contributed by atoms with Crippen LogP contribution in [0.1, 0.15) is 11.4 Å². The molecule has 0 atom stereocenters. The molecular formula is C22H20N4O5. The number of fused-ring (bicyclic) bond motifs is 4. The van der Waals surface area contributed by atoms with Crippen LogP contribution in [0.5, 0.6) is 17.2 Å². The van der Waals surface area contributed by atoms with Gasteiger partial charge < -0.3 is 19.5 Å². The molecule has 31 heavy (non-hydrogen) atoms. The molecule has 1 aliphatic rings. The average Bonchev–Trinajstić information content (AvgIpc) is 3.40. The summed E-state index contributed by atoms with van der Waals surface area (Å²) < 4.78 is 19.0. The van der Waals surface area contributed by atoms with Gasteiger partial charge in [-0.2, -0.15) is 5.10 Å². The predicted molar refractivity (Wildman–Crippen MR) is 113 cm³/mol. The number of hydrogen-bond acceptors (Lipinski definition) is 6. The minimum atomic E-state index is -0.345. The molecule has 2 aromatic carbocycles. The molecule has 0 spiro atoms. The highest BCUT2D eigenvalue weighted by Crippen LogP contribution is 2.32. The standard InChI is InChI=1S/C22H20N4O5/c1-13-24-25(11-21(27)23-10-14-6-7-19-20(8-14)31-12-30-19)22(28)17-9-15-16(26(13)17)4-3-5-18(15)29-2/h3-9H,10-12H2,1-2H3,(H,23,27). The van der Waals surface area contributed by atoms with Crippen LogP contribution in [0.2, 0.25) is 0 Å². The van der Waals surface area contributed by atoms with Gasteiger partial charge in [0.1, 0.15) is 23.6 Å². The normalized spacial score (nSPS) is 12.5. The summed E-state index contributed by atoms with van der Waals surface area (Å²) in [5.41, 5.74) is 1.79. The third kappa shape index (κ3) is 3.24. The Morgan fingerprint density at radius 1 is 1.16 bits per heavy atom. The number of carbonyl (C=O) groups excluding carboxylic acids is 1. The van der Waals surface area contributed by atoms with E-state index < -0.39 is 0 Å². The highest BCUT2D eigenvalue weighted by Gasteiger charge is 2.17. The molecule has 9 nitrogen and oxygen atoms in total. The molecule has 0 aliphatic carbocycles. The maximum absolute atomic E-state index is 13.0. The predicted octanol–water partition coefficient (Wildman–Crippen LogP) is 2.01. The van der Waals surface area contributed by atoms with Crippen molar-refractivity contribution in [2.75, 3.05) is 13.9 Å². The zero-order valence-electron chi connectivity index (χ0n) is 17.0. The zero-order valence-corrected chi connectivity index (χ0v) is 17.0. The molecule has 1 amide bonds. The molecule has 4 aromatic rings. The Labute approximate surface area is 176 Å². The van der Waals surface area contributed by atoms with E-state index in [-0.39, 0.29) is 24.8 Å². The van der Waals surface area contributed by atoms with Gasteiger partial charge in [-0.25, -0.2) is 4.68 Å². The van der Waals surface area contributed by atoms with Gasteiger partial charge in [0, 0.05) is 11.9 Å². The third-order valence-corrected chi connectivity index (χ3v) is 5.29. The van der Waals surface area contributed by atoms with E-state index in [1.165, 1.54) is 4.68 Å². The Hall–Kier alpha value is -4.01. The van der Waals surface area contributed by atoms with Crippen molar-refractivity contribution in [1.29, 1.82) is 0 Å². The fourth-order valence-corrected chi connectivity index (χ4v) is 3.84. The lowest BCUT2D eigenvalue weighted by molar-refractivity contribution is -0.122. The van der Waals surface area contributed by atoms with E-state index in [0.717, 1.165) is 16.5 Å². The first-order valence-corrected chi connectivity index (χ1v) is 9.76. The van der Waals surface area contributed by atoms with E-state index in [1.807, 2.05) is 30.3 Å². The SMILES string of the molecule is COc1cccc2c1cc1c(=O)n(CC(=O)NCc3ccc4c(c3)OCO4)nc(C)n12. The number of hydrogen-bond donors (Lipinski definition) is 1. The van der Waals surface area contributed by atoms with Gasteiger partial charge in [-0.1, -0.05) is 12.1 Å². The van der Waals surface area contributed by atoms with Gasteiger partial charge in [0.15, 0.2) is 11.5 Å². The summed E-state index contributed by atoms with van der Waals surface area (Å²) in [6.45, 7) is 2.12. The minimum absolute atomic E-state index is 0.181. The van der Waals surface area contributed by atoms with Crippen LogP contribution in [0.3, 0.4) is 0 Å². The van der Waals surface area contributed by atoms with E-state index >= 15 is 0 Å². The molecule has 9 heteroatoms. The molecule has 0 bridgehead atoms. The first-order chi connectivity index (χ1) is 15.0. The van der Waals surface area contributed by atoms with Gasteiger partial charge in [-0.05, 0) is 42.8 Å². The number of methoxy groups -OCH3 is 1. The summed E-state index contributed by atoms with van der Waals surface area (Å²) in [6.07, 6.45) is 0. The fraction of sp³-hybridized carbons (Fsp3) is 0.227. The Kier molecular flexibility index (Phi) is 4.50. The number of amides is 1. The van der Waals surface area contributed by atoms with Crippen molar-refractivity contribution in [3.63, 3.8) is 0 Å². The van der Waals surface area contributed by atoms with Gasteiger partial charge in [0.25, 0.3) is 5.56 Å². The van der Waals surface area contributed by atoms with Crippen LogP contribution in [0.4, 0.5) is 0 Å². The van der Waals surface area contributed by atoms with Crippen LogP contribution in [0.15, 0.2) is 47.3 Å². The number of aryl methyl sites for hydroxylation is 1. The number of nitrogens with one attached hydrogen (secondary N) is 1. The molecule has 2 aromatic heterocycles. The highest BCUT2D eigenvalue weighted by atomic mass is 16.7. The molecule has 1 aliphatic heterocycles. The van der Waals surface area contributed by atoms with Gasteiger partial charge >= 0.3 is 0 Å². The first kappa shape index (κ1) is 19.0. The van der Waals surface area contributed by atoms with E-state index in [1.54, 1.807) is 30.6 Å². The zero-order chi connectivity index (χ0) is 21.5. The van der Waals surface area contributed by atoms with E-state index in [9.17, 15) is 9.59 Å². The number of ether oxygens (including phenoxy) is 3. The second-order valence-corrected chi connectivity index (χ2v) is 7.23. The molecule has 0 saturated carbocycles. The molecule has 1 N–H and O–H groups in total. The summed E-state index contributed by atoms with van der Waals surface area (Å²) in [5.74, 6) is 2.30. The maximum atomic E-state index is 13.0. The number of carbonyl (C=O) groups is 1. The summed E-state index contributed by atoms with van der Waals surface area (Å²) in [4.78, 5) is 25.5.